The zero-order valence-corrected chi connectivity index (χ0v) is 23.0. The molecule has 2 atom stereocenters. The van der Waals surface area contributed by atoms with Gasteiger partial charge in [0.15, 0.2) is 0 Å². The normalized spacial score (nSPS) is 13.0. The molecule has 1 heterocycles. The van der Waals surface area contributed by atoms with Crippen LogP contribution < -0.4 is 10.1 Å². The molecular formula is C29H32F3NO5S. The highest BCUT2D eigenvalue weighted by molar-refractivity contribution is 7.14. The van der Waals surface area contributed by atoms with Crippen molar-refractivity contribution < 1.29 is 37.3 Å². The highest BCUT2D eigenvalue weighted by atomic mass is 32.1. The molecule has 0 aliphatic heterocycles. The van der Waals surface area contributed by atoms with E-state index in [0.29, 0.717) is 29.2 Å². The number of aryl methyl sites for hydroxylation is 2. The molecule has 2 aromatic carbocycles. The van der Waals surface area contributed by atoms with Crippen LogP contribution in [-0.4, -0.2) is 36.4 Å². The molecule has 210 valence electrons. The second kappa shape index (κ2) is 13.1. The summed E-state index contributed by atoms with van der Waals surface area (Å²) in [6.07, 6.45) is -5.35. The number of hydrogen-bond donors (Lipinski definition) is 2. The number of carbonyl (C=O) groups is 2. The van der Waals surface area contributed by atoms with Gasteiger partial charge in [0.25, 0.3) is 5.91 Å². The van der Waals surface area contributed by atoms with E-state index in [2.05, 4.69) is 5.32 Å². The highest BCUT2D eigenvalue weighted by Gasteiger charge is 2.30. The zero-order valence-electron chi connectivity index (χ0n) is 22.2. The summed E-state index contributed by atoms with van der Waals surface area (Å²) in [4.78, 5) is 25.2. The fourth-order valence-corrected chi connectivity index (χ4v) is 5.26. The number of alkyl halides is 3. The van der Waals surface area contributed by atoms with Gasteiger partial charge in [-0.15, -0.1) is 11.3 Å². The number of halogens is 3. The van der Waals surface area contributed by atoms with Gasteiger partial charge in [-0.1, -0.05) is 19.1 Å². The number of ether oxygens (including phenoxy) is 2. The number of aliphatic hydroxyl groups excluding tert-OH is 1. The number of nitrogens with one attached hydrogen (secondary N) is 1. The Balaban J connectivity index is 1.55. The van der Waals surface area contributed by atoms with Gasteiger partial charge in [-0.05, 0) is 91.8 Å². The van der Waals surface area contributed by atoms with E-state index in [0.717, 1.165) is 33.7 Å². The summed E-state index contributed by atoms with van der Waals surface area (Å²) in [6, 6.07) is 12.4. The van der Waals surface area contributed by atoms with Crippen molar-refractivity contribution in [3.05, 3.63) is 75.0 Å². The lowest BCUT2D eigenvalue weighted by molar-refractivity contribution is -0.145. The molecule has 6 nitrogen and oxygen atoms in total. The van der Waals surface area contributed by atoms with Crippen molar-refractivity contribution in [2.75, 3.05) is 13.2 Å². The number of rotatable bonds is 11. The smallest absolute Gasteiger partial charge is 0.416 e. The Morgan fingerprint density at radius 3 is 2.28 bits per heavy atom. The molecule has 3 rings (SSSR count). The van der Waals surface area contributed by atoms with Crippen LogP contribution in [0.5, 0.6) is 5.75 Å². The van der Waals surface area contributed by atoms with E-state index in [1.165, 1.54) is 23.5 Å². The van der Waals surface area contributed by atoms with Crippen molar-refractivity contribution in [2.24, 2.45) is 5.92 Å². The first-order chi connectivity index (χ1) is 18.4. The van der Waals surface area contributed by atoms with Crippen LogP contribution in [0.2, 0.25) is 0 Å². The summed E-state index contributed by atoms with van der Waals surface area (Å²) >= 11 is 1.30. The number of benzene rings is 2. The Kier molecular flexibility index (Phi) is 10.2. The second-order valence-corrected chi connectivity index (χ2v) is 10.6. The van der Waals surface area contributed by atoms with Crippen molar-refractivity contribution in [1.82, 2.24) is 5.32 Å². The van der Waals surface area contributed by atoms with Crippen molar-refractivity contribution >= 4 is 23.2 Å². The Bertz CT molecular complexity index is 1260. The minimum atomic E-state index is -4.37. The first-order valence-corrected chi connectivity index (χ1v) is 13.3. The molecule has 1 unspecified atom stereocenters. The fourth-order valence-electron chi connectivity index (χ4n) is 4.19. The van der Waals surface area contributed by atoms with Crippen molar-refractivity contribution in [3.8, 4) is 16.9 Å². The minimum absolute atomic E-state index is 0.129. The SMILES string of the molecule is CCOC(=O)C[C@H](O)NC(=O)c1ccc(CC(C)COc2cc(C)c(-c3ccc(C(F)(F)F)cc3)c(C)c2)s1. The molecule has 0 bridgehead atoms. The van der Waals surface area contributed by atoms with E-state index < -0.39 is 29.8 Å². The van der Waals surface area contributed by atoms with Crippen LogP contribution in [0.3, 0.4) is 0 Å². The summed E-state index contributed by atoms with van der Waals surface area (Å²) in [5.41, 5.74) is 2.71. The molecular weight excluding hydrogens is 531 g/mol. The molecule has 1 aromatic heterocycles. The maximum absolute atomic E-state index is 12.9. The third-order valence-corrected chi connectivity index (χ3v) is 7.05. The van der Waals surface area contributed by atoms with Gasteiger partial charge < -0.3 is 19.9 Å². The number of amides is 1. The lowest BCUT2D eigenvalue weighted by atomic mass is 9.94. The molecule has 3 aromatic rings. The van der Waals surface area contributed by atoms with E-state index in [4.69, 9.17) is 9.47 Å². The first kappa shape index (κ1) is 30.2. The molecule has 0 fully saturated rings. The van der Waals surface area contributed by atoms with Gasteiger partial charge in [0, 0.05) is 4.88 Å². The van der Waals surface area contributed by atoms with Crippen LogP contribution in [0.4, 0.5) is 13.2 Å². The van der Waals surface area contributed by atoms with Crippen molar-refractivity contribution in [3.63, 3.8) is 0 Å². The van der Waals surface area contributed by atoms with Crippen molar-refractivity contribution in [1.29, 1.82) is 0 Å². The number of hydrogen-bond acceptors (Lipinski definition) is 6. The van der Waals surface area contributed by atoms with E-state index >= 15 is 0 Å². The maximum Gasteiger partial charge on any atom is 0.416 e. The number of esters is 1. The molecule has 0 aliphatic carbocycles. The van der Waals surface area contributed by atoms with Gasteiger partial charge in [0.2, 0.25) is 0 Å². The average Bonchev–Trinajstić information content (AvgIpc) is 3.31. The van der Waals surface area contributed by atoms with Gasteiger partial charge in [-0.25, -0.2) is 0 Å². The van der Waals surface area contributed by atoms with E-state index in [1.807, 2.05) is 39.0 Å². The summed E-state index contributed by atoms with van der Waals surface area (Å²) in [5, 5.41) is 12.3. The zero-order chi connectivity index (χ0) is 28.7. The predicted molar refractivity (Wildman–Crippen MR) is 144 cm³/mol. The third kappa shape index (κ3) is 8.56. The molecule has 0 saturated carbocycles. The summed E-state index contributed by atoms with van der Waals surface area (Å²) < 4.78 is 49.5. The molecule has 0 spiro atoms. The average molecular weight is 564 g/mol. The van der Waals surface area contributed by atoms with Gasteiger partial charge in [-0.3, -0.25) is 9.59 Å². The second-order valence-electron chi connectivity index (χ2n) is 9.39. The third-order valence-electron chi connectivity index (χ3n) is 5.94. The standard InChI is InChI=1S/C29H32F3NO5S/c1-5-37-26(35)15-25(34)33-28(36)24-11-10-23(39-24)12-17(2)16-38-22-13-18(3)27(19(4)14-22)20-6-8-21(9-7-20)29(30,31)32/h6-11,13-14,17,25,34H,5,12,15-16H2,1-4H3,(H,33,36)/t17?,25-/m0/s1. The Morgan fingerprint density at radius 1 is 1.05 bits per heavy atom. The first-order valence-electron chi connectivity index (χ1n) is 12.5. The summed E-state index contributed by atoms with van der Waals surface area (Å²) in [7, 11) is 0. The van der Waals surface area contributed by atoms with E-state index in [-0.39, 0.29) is 18.9 Å². The molecule has 39 heavy (non-hydrogen) atoms. The highest BCUT2D eigenvalue weighted by Crippen LogP contribution is 2.34. The predicted octanol–water partition coefficient (Wildman–Crippen LogP) is 6.31. The number of thiophene rings is 1. The molecule has 1 amide bonds. The van der Waals surface area contributed by atoms with E-state index in [1.54, 1.807) is 13.0 Å². The Morgan fingerprint density at radius 2 is 1.69 bits per heavy atom. The lowest BCUT2D eigenvalue weighted by Gasteiger charge is -2.17. The van der Waals surface area contributed by atoms with Crippen LogP contribution >= 0.6 is 11.3 Å². The summed E-state index contributed by atoms with van der Waals surface area (Å²) in [5.74, 6) is -0.254. The van der Waals surface area contributed by atoms with Crippen LogP contribution in [-0.2, 0) is 22.1 Å². The Hall–Kier alpha value is -3.37. The molecule has 0 radical (unpaired) electrons. The van der Waals surface area contributed by atoms with Crippen LogP contribution in [0, 0.1) is 19.8 Å². The largest absolute Gasteiger partial charge is 0.493 e. The summed E-state index contributed by atoms with van der Waals surface area (Å²) in [6.45, 7) is 8.11. The molecule has 10 heteroatoms. The van der Waals surface area contributed by atoms with Gasteiger partial charge >= 0.3 is 12.1 Å². The minimum Gasteiger partial charge on any atom is -0.493 e. The molecule has 0 saturated heterocycles. The van der Waals surface area contributed by atoms with Crippen LogP contribution in [0.15, 0.2) is 48.5 Å². The fraction of sp³-hybridized carbons (Fsp3) is 0.379. The monoisotopic (exact) mass is 563 g/mol. The number of carbonyl (C=O) groups excluding carboxylic acids is 2. The quantitative estimate of drug-likeness (QED) is 0.211. The van der Waals surface area contributed by atoms with Gasteiger partial charge in [0.1, 0.15) is 12.0 Å². The maximum atomic E-state index is 12.9. The lowest BCUT2D eigenvalue weighted by Crippen LogP contribution is -2.36. The molecule has 0 aliphatic rings. The van der Waals surface area contributed by atoms with Gasteiger partial charge in [-0.2, -0.15) is 13.2 Å². The molecule has 2 N–H and O–H groups in total. The Labute approximate surface area is 229 Å². The van der Waals surface area contributed by atoms with E-state index in [9.17, 15) is 27.9 Å². The van der Waals surface area contributed by atoms with Crippen molar-refractivity contribution in [2.45, 2.75) is 52.9 Å². The topological polar surface area (TPSA) is 84.9 Å². The van der Waals surface area contributed by atoms with Crippen LogP contribution in [0.1, 0.15) is 51.5 Å². The van der Waals surface area contributed by atoms with Gasteiger partial charge in [0.05, 0.1) is 30.1 Å². The van der Waals surface area contributed by atoms with Crippen LogP contribution in [0.25, 0.3) is 11.1 Å². The number of aliphatic hydroxyl groups is 1.